The van der Waals surface area contributed by atoms with Crippen molar-refractivity contribution in [3.05, 3.63) is 29.4 Å². The van der Waals surface area contributed by atoms with E-state index in [1.807, 2.05) is 12.3 Å². The molecule has 0 aromatic carbocycles. The minimum absolute atomic E-state index is 0.312. The van der Waals surface area contributed by atoms with Crippen molar-refractivity contribution in [3.63, 3.8) is 0 Å². The van der Waals surface area contributed by atoms with E-state index in [2.05, 4.69) is 29.0 Å². The lowest BCUT2D eigenvalue weighted by Crippen LogP contribution is -2.21. The van der Waals surface area contributed by atoms with Crippen LogP contribution >= 0.6 is 11.3 Å². The number of aryl methyl sites for hydroxylation is 1. The molecule has 8 heteroatoms. The molecule has 0 saturated carbocycles. The van der Waals surface area contributed by atoms with Crippen molar-refractivity contribution in [1.29, 1.82) is 0 Å². The molecule has 0 aliphatic carbocycles. The maximum absolute atomic E-state index is 12.3. The first-order chi connectivity index (χ1) is 9.90. The Morgan fingerprint density at radius 1 is 1.43 bits per heavy atom. The highest BCUT2D eigenvalue weighted by Gasteiger charge is 2.17. The summed E-state index contributed by atoms with van der Waals surface area (Å²) in [6, 6.07) is 2.06. The largest absolute Gasteiger partial charge is 0.310 e. The number of nitrogens with one attached hydrogen (secondary N) is 2. The van der Waals surface area contributed by atoms with Crippen molar-refractivity contribution < 1.29 is 8.42 Å². The average Bonchev–Trinajstić information content (AvgIpc) is 3.04. The van der Waals surface area contributed by atoms with Gasteiger partial charge in [0.05, 0.1) is 11.9 Å². The zero-order valence-electron chi connectivity index (χ0n) is 12.3. The summed E-state index contributed by atoms with van der Waals surface area (Å²) in [5.41, 5.74) is 1.45. The lowest BCUT2D eigenvalue weighted by atomic mass is 10.3. The second kappa shape index (κ2) is 6.59. The molecule has 0 spiro atoms. The van der Waals surface area contributed by atoms with Crippen molar-refractivity contribution in [2.45, 2.75) is 44.1 Å². The van der Waals surface area contributed by atoms with Crippen molar-refractivity contribution in [2.75, 3.05) is 4.72 Å². The number of aromatic nitrogens is 2. The van der Waals surface area contributed by atoms with Gasteiger partial charge in [-0.1, -0.05) is 13.8 Å². The third-order valence-electron chi connectivity index (χ3n) is 2.82. The number of sulfonamides is 1. The van der Waals surface area contributed by atoms with E-state index in [9.17, 15) is 8.42 Å². The van der Waals surface area contributed by atoms with Gasteiger partial charge in [0.25, 0.3) is 10.0 Å². The second-order valence-corrected chi connectivity index (χ2v) is 7.82. The fourth-order valence-electron chi connectivity index (χ4n) is 1.70. The van der Waals surface area contributed by atoms with Crippen LogP contribution in [0, 0.1) is 0 Å². The molecule has 0 fully saturated rings. The molecule has 0 aliphatic rings. The van der Waals surface area contributed by atoms with Gasteiger partial charge < -0.3 is 5.32 Å². The molecule has 0 radical (unpaired) electrons. The van der Waals surface area contributed by atoms with E-state index in [4.69, 9.17) is 0 Å². The number of anilines is 1. The van der Waals surface area contributed by atoms with Gasteiger partial charge in [0, 0.05) is 25.3 Å². The Labute approximate surface area is 129 Å². The Morgan fingerprint density at radius 3 is 2.81 bits per heavy atom. The van der Waals surface area contributed by atoms with E-state index in [1.165, 1.54) is 17.5 Å². The summed E-state index contributed by atoms with van der Waals surface area (Å²) in [6.45, 7) is 7.41. The topological polar surface area (TPSA) is 76.0 Å². The zero-order valence-corrected chi connectivity index (χ0v) is 14.0. The van der Waals surface area contributed by atoms with Crippen molar-refractivity contribution in [1.82, 2.24) is 15.1 Å². The molecule has 21 heavy (non-hydrogen) atoms. The molecule has 2 aromatic heterocycles. The van der Waals surface area contributed by atoms with E-state index in [0.717, 1.165) is 5.56 Å². The Balaban J connectivity index is 2.08. The molecule has 2 heterocycles. The molecule has 0 saturated heterocycles. The highest BCUT2D eigenvalue weighted by molar-refractivity contribution is 7.94. The molecular weight excluding hydrogens is 308 g/mol. The molecule has 0 unspecified atom stereocenters. The molecule has 0 amide bonds. The summed E-state index contributed by atoms with van der Waals surface area (Å²) in [6.07, 6.45) is 3.18. The van der Waals surface area contributed by atoms with E-state index in [1.54, 1.807) is 16.9 Å². The maximum atomic E-state index is 12.3. The lowest BCUT2D eigenvalue weighted by Gasteiger charge is -2.05. The summed E-state index contributed by atoms with van der Waals surface area (Å²) < 4.78 is 29.1. The third kappa shape index (κ3) is 4.29. The minimum Gasteiger partial charge on any atom is -0.310 e. The van der Waals surface area contributed by atoms with Crippen LogP contribution in [-0.2, 0) is 23.1 Å². The highest BCUT2D eigenvalue weighted by atomic mass is 32.2. The number of rotatable bonds is 7. The lowest BCUT2D eigenvalue weighted by molar-refractivity contribution is 0.589. The quantitative estimate of drug-likeness (QED) is 0.817. The van der Waals surface area contributed by atoms with E-state index < -0.39 is 10.0 Å². The fraction of sp³-hybridized carbons (Fsp3) is 0.462. The first-order valence-corrected chi connectivity index (χ1v) is 9.13. The summed E-state index contributed by atoms with van der Waals surface area (Å²) in [4.78, 5) is 0. The van der Waals surface area contributed by atoms with Gasteiger partial charge in [-0.15, -0.1) is 11.3 Å². The van der Waals surface area contributed by atoms with E-state index in [-0.39, 0.29) is 0 Å². The molecule has 116 valence electrons. The Kier molecular flexibility index (Phi) is 5.02. The number of hydrogen-bond acceptors (Lipinski definition) is 5. The van der Waals surface area contributed by atoms with Crippen LogP contribution < -0.4 is 10.0 Å². The predicted octanol–water partition coefficient (Wildman–Crippen LogP) is 2.26. The zero-order chi connectivity index (χ0) is 15.5. The smallest absolute Gasteiger partial charge is 0.271 e. The van der Waals surface area contributed by atoms with Crippen molar-refractivity contribution in [2.24, 2.45) is 0 Å². The molecule has 2 rings (SSSR count). The fourth-order valence-corrected chi connectivity index (χ4v) is 3.94. The van der Waals surface area contributed by atoms with Crippen LogP contribution in [0.1, 0.15) is 26.3 Å². The molecule has 2 N–H and O–H groups in total. The molecule has 6 nitrogen and oxygen atoms in total. The van der Waals surface area contributed by atoms with Crippen LogP contribution in [0.5, 0.6) is 0 Å². The third-order valence-corrected chi connectivity index (χ3v) is 5.69. The van der Waals surface area contributed by atoms with Crippen LogP contribution in [0.25, 0.3) is 0 Å². The van der Waals surface area contributed by atoms with Crippen molar-refractivity contribution in [3.8, 4) is 0 Å². The average molecular weight is 328 g/mol. The molecule has 0 bridgehead atoms. The number of nitrogens with zero attached hydrogens (tertiary/aromatic N) is 2. The molecule has 0 aliphatic heterocycles. The second-order valence-electron chi connectivity index (χ2n) is 5.00. The van der Waals surface area contributed by atoms with Crippen LogP contribution in [0.4, 0.5) is 5.69 Å². The first kappa shape index (κ1) is 16.0. The summed E-state index contributed by atoms with van der Waals surface area (Å²) in [5, 5.41) is 9.18. The van der Waals surface area contributed by atoms with Gasteiger partial charge in [-0.3, -0.25) is 9.40 Å². The summed E-state index contributed by atoms with van der Waals surface area (Å²) in [7, 11) is -3.54. The van der Waals surface area contributed by atoms with Gasteiger partial charge in [0.1, 0.15) is 4.21 Å². The highest BCUT2D eigenvalue weighted by Crippen LogP contribution is 2.23. The Hall–Kier alpha value is -1.38. The van der Waals surface area contributed by atoms with Gasteiger partial charge in [-0.25, -0.2) is 8.42 Å². The molecule has 2 aromatic rings. The summed E-state index contributed by atoms with van der Waals surface area (Å²) in [5.74, 6) is 0. The van der Waals surface area contributed by atoms with Crippen LogP contribution in [0.3, 0.4) is 0 Å². The normalized spacial score (nSPS) is 12.0. The van der Waals surface area contributed by atoms with Gasteiger partial charge in [-0.2, -0.15) is 5.10 Å². The molecule has 0 atom stereocenters. The molecular formula is C13H20N4O2S2. The van der Waals surface area contributed by atoms with Gasteiger partial charge in [-0.05, 0) is 23.9 Å². The standard InChI is InChI=1S/C13H20N4O2S2/c1-4-17-8-12(7-15-17)16-21(18,19)13-5-11(9-20-13)6-14-10(2)3/h5,7-10,14,16H,4,6H2,1-3H3. The monoisotopic (exact) mass is 328 g/mol. The Morgan fingerprint density at radius 2 is 2.19 bits per heavy atom. The van der Waals surface area contributed by atoms with Crippen molar-refractivity contribution >= 4 is 27.0 Å². The number of hydrogen-bond donors (Lipinski definition) is 2. The minimum atomic E-state index is -3.54. The van der Waals surface area contributed by atoms with Crippen LogP contribution in [0.2, 0.25) is 0 Å². The van der Waals surface area contributed by atoms with Crippen LogP contribution in [0.15, 0.2) is 28.0 Å². The summed E-state index contributed by atoms with van der Waals surface area (Å²) >= 11 is 1.22. The van der Waals surface area contributed by atoms with Gasteiger partial charge in [0.2, 0.25) is 0 Å². The van der Waals surface area contributed by atoms with Gasteiger partial charge >= 0.3 is 0 Å². The Bertz CT molecular complexity index is 689. The SMILES string of the molecule is CCn1cc(NS(=O)(=O)c2cc(CNC(C)C)cs2)cn1. The van der Waals surface area contributed by atoms with Gasteiger partial charge in [0.15, 0.2) is 0 Å². The predicted molar refractivity (Wildman–Crippen MR) is 85.0 cm³/mol. The maximum Gasteiger partial charge on any atom is 0.271 e. The van der Waals surface area contributed by atoms with E-state index in [0.29, 0.717) is 29.0 Å². The number of thiophene rings is 1. The van der Waals surface area contributed by atoms with Crippen LogP contribution in [-0.4, -0.2) is 24.2 Å². The first-order valence-electron chi connectivity index (χ1n) is 6.76. The van der Waals surface area contributed by atoms with E-state index >= 15 is 0 Å².